The largest absolute Gasteiger partial charge is 0.460 e. The second-order valence-corrected chi connectivity index (χ2v) is 7.39. The number of halogens is 1. The van der Waals surface area contributed by atoms with Gasteiger partial charge in [-0.2, -0.15) is 11.3 Å². The Kier molecular flexibility index (Phi) is 6.01. The van der Waals surface area contributed by atoms with E-state index in [4.69, 9.17) is 4.42 Å². The van der Waals surface area contributed by atoms with Crippen LogP contribution >= 0.6 is 23.7 Å². The summed E-state index contributed by atoms with van der Waals surface area (Å²) in [6.07, 6.45) is 1.02. The highest BCUT2D eigenvalue weighted by Gasteiger charge is 2.18. The van der Waals surface area contributed by atoms with Crippen LogP contribution in [0.3, 0.4) is 0 Å². The Morgan fingerprint density at radius 3 is 2.77 bits per heavy atom. The molecule has 4 rings (SSSR count). The summed E-state index contributed by atoms with van der Waals surface area (Å²) in [6, 6.07) is 10.7. The molecule has 26 heavy (non-hydrogen) atoms. The van der Waals surface area contributed by atoms with Crippen LogP contribution in [-0.2, 0) is 11.3 Å². The molecule has 1 saturated heterocycles. The predicted octanol–water partition coefficient (Wildman–Crippen LogP) is 4.64. The third-order valence-electron chi connectivity index (χ3n) is 4.84. The second kappa shape index (κ2) is 8.25. The fourth-order valence-corrected chi connectivity index (χ4v) is 4.11. The third-order valence-corrected chi connectivity index (χ3v) is 5.52. The molecule has 0 atom stereocenters. The molecule has 0 N–H and O–H groups in total. The van der Waals surface area contributed by atoms with Crippen molar-refractivity contribution in [3.05, 3.63) is 46.9 Å². The van der Waals surface area contributed by atoms with Gasteiger partial charge in [0.2, 0.25) is 5.91 Å². The van der Waals surface area contributed by atoms with Crippen molar-refractivity contribution in [3.63, 3.8) is 0 Å². The molecule has 1 aliphatic rings. The maximum Gasteiger partial charge on any atom is 0.219 e. The lowest BCUT2D eigenvalue weighted by atomic mass is 10.1. The monoisotopic (exact) mass is 390 g/mol. The van der Waals surface area contributed by atoms with Crippen molar-refractivity contribution in [2.75, 3.05) is 26.2 Å². The van der Waals surface area contributed by atoms with Gasteiger partial charge in [-0.05, 0) is 52.6 Å². The normalized spacial score (nSPS) is 15.7. The van der Waals surface area contributed by atoms with Crippen LogP contribution in [0.4, 0.5) is 0 Å². The van der Waals surface area contributed by atoms with Gasteiger partial charge in [0.05, 0.1) is 6.54 Å². The smallest absolute Gasteiger partial charge is 0.219 e. The van der Waals surface area contributed by atoms with Crippen LogP contribution in [0.1, 0.15) is 19.1 Å². The summed E-state index contributed by atoms with van der Waals surface area (Å²) in [5.41, 5.74) is 3.42. The average molecular weight is 391 g/mol. The molecule has 0 bridgehead atoms. The first kappa shape index (κ1) is 19.0. The highest BCUT2D eigenvalue weighted by Crippen LogP contribution is 2.28. The molecule has 0 aliphatic carbocycles. The number of benzene rings is 1. The SMILES string of the molecule is CC(=O)N1CCCN(Cc2cc3cc(-c4ccsc4)ccc3o2)CC1.Cl. The summed E-state index contributed by atoms with van der Waals surface area (Å²) >= 11 is 1.71. The van der Waals surface area contributed by atoms with Crippen LogP contribution in [-0.4, -0.2) is 41.9 Å². The highest BCUT2D eigenvalue weighted by atomic mass is 35.5. The molecule has 1 aromatic carbocycles. The molecule has 1 amide bonds. The van der Waals surface area contributed by atoms with Gasteiger partial charge in [0.25, 0.3) is 0 Å². The minimum atomic E-state index is 0. The number of furan rings is 1. The summed E-state index contributed by atoms with van der Waals surface area (Å²) in [5.74, 6) is 1.17. The van der Waals surface area contributed by atoms with Gasteiger partial charge in [-0.15, -0.1) is 12.4 Å². The molecule has 3 heterocycles. The zero-order chi connectivity index (χ0) is 17.2. The maximum atomic E-state index is 11.6. The van der Waals surface area contributed by atoms with E-state index in [1.54, 1.807) is 18.3 Å². The molecule has 0 radical (unpaired) electrons. The van der Waals surface area contributed by atoms with E-state index >= 15 is 0 Å². The molecule has 138 valence electrons. The summed E-state index contributed by atoms with van der Waals surface area (Å²) in [4.78, 5) is 15.9. The van der Waals surface area contributed by atoms with E-state index in [-0.39, 0.29) is 18.3 Å². The maximum absolute atomic E-state index is 11.6. The van der Waals surface area contributed by atoms with E-state index in [9.17, 15) is 4.79 Å². The highest BCUT2D eigenvalue weighted by molar-refractivity contribution is 7.08. The molecule has 1 aliphatic heterocycles. The lowest BCUT2D eigenvalue weighted by Crippen LogP contribution is -2.33. The molecule has 4 nitrogen and oxygen atoms in total. The molecule has 0 spiro atoms. The number of nitrogens with zero attached hydrogens (tertiary/aromatic N) is 2. The van der Waals surface area contributed by atoms with E-state index in [2.05, 4.69) is 46.0 Å². The number of carbonyl (C=O) groups is 1. The Morgan fingerprint density at radius 2 is 2.00 bits per heavy atom. The van der Waals surface area contributed by atoms with Gasteiger partial charge in [-0.25, -0.2) is 0 Å². The fourth-order valence-electron chi connectivity index (χ4n) is 3.45. The first-order valence-electron chi connectivity index (χ1n) is 8.72. The summed E-state index contributed by atoms with van der Waals surface area (Å²) in [5, 5.41) is 5.42. The number of thiophene rings is 1. The van der Waals surface area contributed by atoms with Gasteiger partial charge in [-0.3, -0.25) is 9.69 Å². The molecular weight excluding hydrogens is 368 g/mol. The van der Waals surface area contributed by atoms with Crippen LogP contribution in [0, 0.1) is 0 Å². The topological polar surface area (TPSA) is 36.7 Å². The Bertz CT molecular complexity index is 875. The van der Waals surface area contributed by atoms with Crippen molar-refractivity contribution >= 4 is 40.6 Å². The van der Waals surface area contributed by atoms with Gasteiger partial charge in [0.1, 0.15) is 11.3 Å². The van der Waals surface area contributed by atoms with Gasteiger partial charge in [-0.1, -0.05) is 6.07 Å². The van der Waals surface area contributed by atoms with Crippen molar-refractivity contribution in [1.29, 1.82) is 0 Å². The van der Waals surface area contributed by atoms with E-state index in [0.29, 0.717) is 0 Å². The molecule has 2 aromatic heterocycles. The fraction of sp³-hybridized carbons (Fsp3) is 0.350. The van der Waals surface area contributed by atoms with Crippen LogP contribution in [0.5, 0.6) is 0 Å². The first-order chi connectivity index (χ1) is 12.2. The standard InChI is InChI=1S/C20H22N2O2S.ClH/c1-15(23)22-7-2-6-21(8-9-22)13-19-12-18-11-16(3-4-20(18)24-19)17-5-10-25-14-17;/h3-5,10-12,14H,2,6-9,13H2,1H3;1H. The lowest BCUT2D eigenvalue weighted by Gasteiger charge is -2.20. The minimum absolute atomic E-state index is 0. The molecule has 3 aromatic rings. The van der Waals surface area contributed by atoms with E-state index in [0.717, 1.165) is 55.9 Å². The van der Waals surface area contributed by atoms with Crippen LogP contribution in [0.15, 0.2) is 45.5 Å². The predicted molar refractivity (Wildman–Crippen MR) is 109 cm³/mol. The lowest BCUT2D eigenvalue weighted by molar-refractivity contribution is -0.128. The molecule has 0 unspecified atom stereocenters. The zero-order valence-corrected chi connectivity index (χ0v) is 16.4. The van der Waals surface area contributed by atoms with Gasteiger partial charge in [0, 0.05) is 38.5 Å². The number of rotatable bonds is 3. The number of carbonyl (C=O) groups excluding carboxylic acids is 1. The Hall–Kier alpha value is -1.82. The zero-order valence-electron chi connectivity index (χ0n) is 14.8. The summed E-state index contributed by atoms with van der Waals surface area (Å²) in [7, 11) is 0. The molecule has 1 fully saturated rings. The molecule has 0 saturated carbocycles. The summed E-state index contributed by atoms with van der Waals surface area (Å²) in [6.45, 7) is 6.01. The van der Waals surface area contributed by atoms with Crippen LogP contribution < -0.4 is 0 Å². The number of amides is 1. The third kappa shape index (κ3) is 4.11. The van der Waals surface area contributed by atoms with E-state index < -0.39 is 0 Å². The van der Waals surface area contributed by atoms with E-state index in [1.165, 1.54) is 11.1 Å². The first-order valence-corrected chi connectivity index (χ1v) is 9.66. The van der Waals surface area contributed by atoms with Crippen molar-refractivity contribution in [1.82, 2.24) is 9.80 Å². The number of fused-ring (bicyclic) bond motifs is 1. The van der Waals surface area contributed by atoms with E-state index in [1.807, 2.05) is 4.90 Å². The second-order valence-electron chi connectivity index (χ2n) is 6.61. The Morgan fingerprint density at radius 1 is 1.12 bits per heavy atom. The van der Waals surface area contributed by atoms with Gasteiger partial charge >= 0.3 is 0 Å². The average Bonchev–Trinajstić information content (AvgIpc) is 3.19. The number of hydrogen-bond acceptors (Lipinski definition) is 4. The van der Waals surface area contributed by atoms with Gasteiger partial charge in [0.15, 0.2) is 0 Å². The van der Waals surface area contributed by atoms with Gasteiger partial charge < -0.3 is 9.32 Å². The van der Waals surface area contributed by atoms with Crippen molar-refractivity contribution in [3.8, 4) is 11.1 Å². The molecular formula is C20H23ClN2O2S. The Labute approximate surface area is 163 Å². The van der Waals surface area contributed by atoms with Crippen molar-refractivity contribution in [2.24, 2.45) is 0 Å². The van der Waals surface area contributed by atoms with Crippen LogP contribution in [0.25, 0.3) is 22.1 Å². The molecule has 6 heteroatoms. The quantitative estimate of drug-likeness (QED) is 0.653. The van der Waals surface area contributed by atoms with Crippen molar-refractivity contribution in [2.45, 2.75) is 19.9 Å². The van der Waals surface area contributed by atoms with Crippen molar-refractivity contribution < 1.29 is 9.21 Å². The Balaban J connectivity index is 0.00000196. The van der Waals surface area contributed by atoms with Crippen LogP contribution in [0.2, 0.25) is 0 Å². The number of hydrogen-bond donors (Lipinski definition) is 0. The minimum Gasteiger partial charge on any atom is -0.460 e. The summed E-state index contributed by atoms with van der Waals surface area (Å²) < 4.78 is 6.04.